The second-order valence-corrected chi connectivity index (χ2v) is 6.42. The second kappa shape index (κ2) is 5.54. The molecule has 1 unspecified atom stereocenters. The van der Waals surface area contributed by atoms with E-state index in [2.05, 4.69) is 21.2 Å². The molecule has 2 aromatic rings. The van der Waals surface area contributed by atoms with Gasteiger partial charge in [0.1, 0.15) is 0 Å². The molecule has 3 nitrogen and oxygen atoms in total. The number of aliphatic carboxylic acids is 1. The number of aryl methyl sites for hydroxylation is 1. The number of hydrogen-bond acceptors (Lipinski definition) is 3. The summed E-state index contributed by atoms with van der Waals surface area (Å²) in [4.78, 5) is 12.1. The fourth-order valence-electron chi connectivity index (χ4n) is 1.55. The predicted octanol–water partition coefficient (Wildman–Crippen LogP) is 4.06. The van der Waals surface area contributed by atoms with Gasteiger partial charge in [-0.1, -0.05) is 17.7 Å². The van der Waals surface area contributed by atoms with E-state index >= 15 is 0 Å². The zero-order chi connectivity index (χ0) is 13.1. The van der Waals surface area contributed by atoms with Gasteiger partial charge in [-0.3, -0.25) is 0 Å². The van der Waals surface area contributed by atoms with Gasteiger partial charge in [0.25, 0.3) is 0 Å². The van der Waals surface area contributed by atoms with Crippen molar-refractivity contribution in [3.63, 3.8) is 0 Å². The third kappa shape index (κ3) is 3.11. The van der Waals surface area contributed by atoms with Crippen LogP contribution in [0.15, 0.2) is 40.2 Å². The van der Waals surface area contributed by atoms with Crippen LogP contribution in [0.4, 0.5) is 5.69 Å². The average molecular weight is 326 g/mol. The van der Waals surface area contributed by atoms with E-state index in [0.717, 1.165) is 19.9 Å². The quantitative estimate of drug-likeness (QED) is 0.891. The van der Waals surface area contributed by atoms with Gasteiger partial charge < -0.3 is 10.4 Å². The highest BCUT2D eigenvalue weighted by atomic mass is 79.9. The molecule has 18 heavy (non-hydrogen) atoms. The molecule has 2 N–H and O–H groups in total. The number of hydrogen-bond donors (Lipinski definition) is 2. The Bertz CT molecular complexity index is 550. The number of thiophene rings is 1. The minimum absolute atomic E-state index is 0.719. The molecule has 1 aromatic heterocycles. The van der Waals surface area contributed by atoms with Crippen LogP contribution < -0.4 is 5.32 Å². The van der Waals surface area contributed by atoms with E-state index in [-0.39, 0.29) is 0 Å². The lowest BCUT2D eigenvalue weighted by molar-refractivity contribution is -0.138. The topological polar surface area (TPSA) is 49.3 Å². The number of carboxylic acids is 1. The van der Waals surface area contributed by atoms with E-state index in [1.54, 1.807) is 0 Å². The Morgan fingerprint density at radius 3 is 2.44 bits per heavy atom. The van der Waals surface area contributed by atoms with Crippen LogP contribution >= 0.6 is 27.3 Å². The highest BCUT2D eigenvalue weighted by Crippen LogP contribution is 2.29. The number of carbonyl (C=O) groups is 1. The van der Waals surface area contributed by atoms with Crippen LogP contribution in [-0.2, 0) is 4.79 Å². The van der Waals surface area contributed by atoms with Crippen LogP contribution in [0.1, 0.15) is 16.5 Å². The summed E-state index contributed by atoms with van der Waals surface area (Å²) in [7, 11) is 0. The van der Waals surface area contributed by atoms with Crippen LogP contribution in [0.3, 0.4) is 0 Å². The normalized spacial score (nSPS) is 12.1. The summed E-state index contributed by atoms with van der Waals surface area (Å²) in [6.07, 6.45) is 0. The van der Waals surface area contributed by atoms with Gasteiger partial charge in [-0.25, -0.2) is 4.79 Å². The van der Waals surface area contributed by atoms with E-state index in [0.29, 0.717) is 0 Å². The van der Waals surface area contributed by atoms with E-state index in [1.165, 1.54) is 11.3 Å². The SMILES string of the molecule is Cc1ccc(NC(C(=O)O)c2ccc(Br)s2)cc1. The molecule has 94 valence electrons. The van der Waals surface area contributed by atoms with Crippen molar-refractivity contribution in [3.8, 4) is 0 Å². The Labute approximate surface area is 118 Å². The Hall–Kier alpha value is -1.33. The van der Waals surface area contributed by atoms with Crippen LogP contribution in [-0.4, -0.2) is 11.1 Å². The molecule has 0 fully saturated rings. The summed E-state index contributed by atoms with van der Waals surface area (Å²) in [6.45, 7) is 1.99. The van der Waals surface area contributed by atoms with Gasteiger partial charge in [0.15, 0.2) is 6.04 Å². The van der Waals surface area contributed by atoms with Gasteiger partial charge in [0, 0.05) is 10.6 Å². The highest BCUT2D eigenvalue weighted by molar-refractivity contribution is 9.11. The number of nitrogens with one attached hydrogen (secondary N) is 1. The van der Waals surface area contributed by atoms with E-state index in [4.69, 9.17) is 0 Å². The third-order valence-corrected chi connectivity index (χ3v) is 4.18. The van der Waals surface area contributed by atoms with Gasteiger partial charge in [0.2, 0.25) is 0 Å². The zero-order valence-corrected chi connectivity index (χ0v) is 12.1. The monoisotopic (exact) mass is 325 g/mol. The minimum atomic E-state index is -0.884. The lowest BCUT2D eigenvalue weighted by Crippen LogP contribution is -2.19. The first-order valence-electron chi connectivity index (χ1n) is 5.37. The van der Waals surface area contributed by atoms with E-state index < -0.39 is 12.0 Å². The maximum absolute atomic E-state index is 11.3. The van der Waals surface area contributed by atoms with Crippen LogP contribution in [0.5, 0.6) is 0 Å². The lowest BCUT2D eigenvalue weighted by Gasteiger charge is -2.14. The van der Waals surface area contributed by atoms with E-state index in [1.807, 2.05) is 43.3 Å². The number of anilines is 1. The van der Waals surface area contributed by atoms with Crippen LogP contribution in [0.2, 0.25) is 0 Å². The minimum Gasteiger partial charge on any atom is -0.479 e. The molecule has 0 aliphatic heterocycles. The Morgan fingerprint density at radius 2 is 1.94 bits per heavy atom. The molecule has 1 atom stereocenters. The Balaban J connectivity index is 2.22. The van der Waals surface area contributed by atoms with Gasteiger partial charge in [-0.15, -0.1) is 11.3 Å². The average Bonchev–Trinajstić information content (AvgIpc) is 2.74. The number of benzene rings is 1. The molecule has 0 spiro atoms. The van der Waals surface area contributed by atoms with Gasteiger partial charge in [0.05, 0.1) is 3.79 Å². The first kappa shape index (κ1) is 13.1. The molecular weight excluding hydrogens is 314 g/mol. The van der Waals surface area contributed by atoms with Gasteiger partial charge >= 0.3 is 5.97 Å². The molecular formula is C13H12BrNO2S. The number of rotatable bonds is 4. The molecule has 0 bridgehead atoms. The Kier molecular flexibility index (Phi) is 4.04. The second-order valence-electron chi connectivity index (χ2n) is 3.92. The van der Waals surface area contributed by atoms with Crippen molar-refractivity contribution < 1.29 is 9.90 Å². The van der Waals surface area contributed by atoms with Gasteiger partial charge in [-0.2, -0.15) is 0 Å². The molecule has 0 saturated carbocycles. The van der Waals surface area contributed by atoms with Crippen molar-refractivity contribution in [2.24, 2.45) is 0 Å². The Morgan fingerprint density at radius 1 is 1.28 bits per heavy atom. The third-order valence-electron chi connectivity index (χ3n) is 2.49. The van der Waals surface area contributed by atoms with Crippen LogP contribution in [0.25, 0.3) is 0 Å². The summed E-state index contributed by atoms with van der Waals surface area (Å²) >= 11 is 4.76. The van der Waals surface area contributed by atoms with Crippen molar-refractivity contribution >= 4 is 38.9 Å². The van der Waals surface area contributed by atoms with Crippen molar-refractivity contribution in [3.05, 3.63) is 50.6 Å². The summed E-state index contributed by atoms with van der Waals surface area (Å²) in [5, 5.41) is 12.3. The largest absolute Gasteiger partial charge is 0.479 e. The molecule has 0 saturated heterocycles. The summed E-state index contributed by atoms with van der Waals surface area (Å²) in [6, 6.07) is 10.6. The van der Waals surface area contributed by atoms with Crippen molar-refractivity contribution in [2.45, 2.75) is 13.0 Å². The zero-order valence-electron chi connectivity index (χ0n) is 9.68. The van der Waals surface area contributed by atoms with Crippen molar-refractivity contribution in [2.75, 3.05) is 5.32 Å². The molecule has 0 radical (unpaired) electrons. The molecule has 1 heterocycles. The van der Waals surface area contributed by atoms with E-state index in [9.17, 15) is 9.90 Å². The molecule has 2 rings (SSSR count). The molecule has 0 aliphatic rings. The first-order chi connectivity index (χ1) is 8.56. The number of halogens is 1. The molecule has 0 amide bonds. The molecule has 5 heteroatoms. The summed E-state index contributed by atoms with van der Waals surface area (Å²) in [5.41, 5.74) is 1.95. The lowest BCUT2D eigenvalue weighted by atomic mass is 10.2. The fraction of sp³-hybridized carbons (Fsp3) is 0.154. The maximum Gasteiger partial charge on any atom is 0.331 e. The predicted molar refractivity (Wildman–Crippen MR) is 77.2 cm³/mol. The summed E-state index contributed by atoms with van der Waals surface area (Å²) < 4.78 is 0.925. The van der Waals surface area contributed by atoms with Gasteiger partial charge in [-0.05, 0) is 47.1 Å². The molecule has 1 aromatic carbocycles. The standard InChI is InChI=1S/C13H12BrNO2S/c1-8-2-4-9(5-3-8)15-12(13(16)17)10-6-7-11(14)18-10/h2-7,12,15H,1H3,(H,16,17). The maximum atomic E-state index is 11.3. The fourth-order valence-corrected chi connectivity index (χ4v) is 3.02. The smallest absolute Gasteiger partial charge is 0.331 e. The number of carboxylic acid groups (broad SMARTS) is 1. The first-order valence-corrected chi connectivity index (χ1v) is 6.98. The van der Waals surface area contributed by atoms with Crippen LogP contribution in [0, 0.1) is 6.92 Å². The van der Waals surface area contributed by atoms with Crippen molar-refractivity contribution in [1.82, 2.24) is 0 Å². The summed E-state index contributed by atoms with van der Waals surface area (Å²) in [5.74, 6) is -0.884. The van der Waals surface area contributed by atoms with Crippen molar-refractivity contribution in [1.29, 1.82) is 0 Å². The highest BCUT2D eigenvalue weighted by Gasteiger charge is 2.21. The molecule has 0 aliphatic carbocycles.